The number of imidazole rings is 1. The highest BCUT2D eigenvalue weighted by Crippen LogP contribution is 2.13. The first-order chi connectivity index (χ1) is 7.27. The number of carbonyl (C=O) groups is 1. The summed E-state index contributed by atoms with van der Waals surface area (Å²) in [7, 11) is 0. The van der Waals surface area contributed by atoms with Crippen molar-refractivity contribution in [3.05, 3.63) is 18.2 Å². The first-order valence-electron chi connectivity index (χ1n) is 5.18. The van der Waals surface area contributed by atoms with Gasteiger partial charge in [-0.05, 0) is 19.8 Å². The topological polar surface area (TPSA) is 67.0 Å². The molecule has 0 radical (unpaired) electrons. The van der Waals surface area contributed by atoms with E-state index < -0.39 is 0 Å². The van der Waals surface area contributed by atoms with Crippen molar-refractivity contribution in [2.45, 2.75) is 31.9 Å². The first-order valence-corrected chi connectivity index (χ1v) is 5.18. The Hall–Kier alpha value is -1.36. The minimum Gasteiger partial charge on any atom is -0.368 e. The molecule has 0 aromatic carbocycles. The van der Waals surface area contributed by atoms with E-state index in [-0.39, 0.29) is 18.1 Å². The summed E-state index contributed by atoms with van der Waals surface area (Å²) >= 11 is 0. The van der Waals surface area contributed by atoms with E-state index in [4.69, 9.17) is 4.74 Å². The molecule has 1 aromatic rings. The molecule has 0 saturated carbocycles. The van der Waals surface area contributed by atoms with Crippen LogP contribution < -0.4 is 5.32 Å². The lowest BCUT2D eigenvalue weighted by Gasteiger charge is -2.14. The van der Waals surface area contributed by atoms with Crippen molar-refractivity contribution in [3.8, 4) is 0 Å². The van der Waals surface area contributed by atoms with Gasteiger partial charge in [0.05, 0.1) is 6.04 Å². The Kier molecular flexibility index (Phi) is 3.01. The molecular weight excluding hydrogens is 194 g/mol. The zero-order chi connectivity index (χ0) is 10.7. The lowest BCUT2D eigenvalue weighted by atomic mass is 10.2. The molecule has 1 aliphatic rings. The summed E-state index contributed by atoms with van der Waals surface area (Å²) in [5, 5.41) is 2.87. The second kappa shape index (κ2) is 4.44. The Morgan fingerprint density at radius 3 is 3.27 bits per heavy atom. The zero-order valence-electron chi connectivity index (χ0n) is 8.69. The van der Waals surface area contributed by atoms with Gasteiger partial charge in [-0.25, -0.2) is 4.98 Å². The highest BCUT2D eigenvalue weighted by molar-refractivity contribution is 5.81. The SMILES string of the molecule is CC(NC(=O)[C@@H]1CCCO1)c1ncc[nH]1. The third kappa shape index (κ3) is 2.36. The van der Waals surface area contributed by atoms with Gasteiger partial charge in [-0.2, -0.15) is 0 Å². The van der Waals surface area contributed by atoms with Crippen LogP contribution in [0.5, 0.6) is 0 Å². The quantitative estimate of drug-likeness (QED) is 0.772. The summed E-state index contributed by atoms with van der Waals surface area (Å²) in [6.07, 6.45) is 4.92. The maximum atomic E-state index is 11.7. The van der Waals surface area contributed by atoms with E-state index in [0.29, 0.717) is 6.61 Å². The largest absolute Gasteiger partial charge is 0.368 e. The molecule has 2 rings (SSSR count). The fraction of sp³-hybridized carbons (Fsp3) is 0.600. The van der Waals surface area contributed by atoms with Gasteiger partial charge in [0.2, 0.25) is 5.91 Å². The molecule has 1 aromatic heterocycles. The predicted octanol–water partition coefficient (Wildman–Crippen LogP) is 0.766. The number of nitrogens with zero attached hydrogens (tertiary/aromatic N) is 1. The van der Waals surface area contributed by atoms with E-state index in [9.17, 15) is 4.79 Å². The number of nitrogens with one attached hydrogen (secondary N) is 2. The molecule has 0 bridgehead atoms. The molecule has 1 amide bonds. The summed E-state index contributed by atoms with van der Waals surface area (Å²) in [6, 6.07) is -0.100. The Labute approximate surface area is 88.2 Å². The number of amides is 1. The van der Waals surface area contributed by atoms with Crippen LogP contribution >= 0.6 is 0 Å². The van der Waals surface area contributed by atoms with Crippen LogP contribution in [-0.2, 0) is 9.53 Å². The summed E-state index contributed by atoms with van der Waals surface area (Å²) in [6.45, 7) is 2.58. The van der Waals surface area contributed by atoms with E-state index in [1.807, 2.05) is 6.92 Å². The molecular formula is C10H15N3O2. The normalized spacial score (nSPS) is 22.6. The van der Waals surface area contributed by atoms with Crippen molar-refractivity contribution in [1.82, 2.24) is 15.3 Å². The summed E-state index contributed by atoms with van der Waals surface area (Å²) in [4.78, 5) is 18.7. The van der Waals surface area contributed by atoms with Gasteiger partial charge in [-0.15, -0.1) is 0 Å². The molecule has 2 N–H and O–H groups in total. The second-order valence-electron chi connectivity index (χ2n) is 3.71. The molecule has 5 heteroatoms. The van der Waals surface area contributed by atoms with Crippen molar-refractivity contribution < 1.29 is 9.53 Å². The highest BCUT2D eigenvalue weighted by atomic mass is 16.5. The van der Waals surface area contributed by atoms with Gasteiger partial charge in [0.15, 0.2) is 0 Å². The second-order valence-corrected chi connectivity index (χ2v) is 3.71. The number of aromatic nitrogens is 2. The molecule has 1 saturated heterocycles. The molecule has 2 heterocycles. The maximum absolute atomic E-state index is 11.7. The fourth-order valence-corrected chi connectivity index (χ4v) is 1.67. The Morgan fingerprint density at radius 2 is 2.67 bits per heavy atom. The van der Waals surface area contributed by atoms with Crippen LogP contribution in [0.2, 0.25) is 0 Å². The summed E-state index contributed by atoms with van der Waals surface area (Å²) in [5.41, 5.74) is 0. The summed E-state index contributed by atoms with van der Waals surface area (Å²) in [5.74, 6) is 0.720. The van der Waals surface area contributed by atoms with Gasteiger partial charge in [0.1, 0.15) is 11.9 Å². The van der Waals surface area contributed by atoms with Crippen molar-refractivity contribution in [3.63, 3.8) is 0 Å². The molecule has 1 fully saturated rings. The molecule has 5 nitrogen and oxygen atoms in total. The molecule has 0 spiro atoms. The standard InChI is InChI=1S/C10H15N3O2/c1-7(9-11-4-5-12-9)13-10(14)8-3-2-6-15-8/h4-5,7-8H,2-3,6H2,1H3,(H,11,12)(H,13,14)/t7?,8-/m0/s1. The number of carbonyl (C=O) groups excluding carboxylic acids is 1. The molecule has 15 heavy (non-hydrogen) atoms. The molecule has 1 aliphatic heterocycles. The Balaban J connectivity index is 1.88. The number of ether oxygens (including phenoxy) is 1. The van der Waals surface area contributed by atoms with Gasteiger partial charge in [-0.1, -0.05) is 0 Å². The lowest BCUT2D eigenvalue weighted by molar-refractivity contribution is -0.130. The summed E-state index contributed by atoms with van der Waals surface area (Å²) < 4.78 is 5.29. The van der Waals surface area contributed by atoms with E-state index >= 15 is 0 Å². The van der Waals surface area contributed by atoms with Crippen LogP contribution in [0.25, 0.3) is 0 Å². The van der Waals surface area contributed by atoms with Gasteiger partial charge in [0.25, 0.3) is 0 Å². The molecule has 1 unspecified atom stereocenters. The third-order valence-corrected chi connectivity index (χ3v) is 2.51. The van der Waals surface area contributed by atoms with Crippen LogP contribution in [0.4, 0.5) is 0 Å². The minimum absolute atomic E-state index is 0.0450. The average molecular weight is 209 g/mol. The van der Waals surface area contributed by atoms with E-state index in [1.165, 1.54) is 0 Å². The highest BCUT2D eigenvalue weighted by Gasteiger charge is 2.25. The molecule has 82 valence electrons. The van der Waals surface area contributed by atoms with Gasteiger partial charge >= 0.3 is 0 Å². The van der Waals surface area contributed by atoms with Crippen LogP contribution in [0, 0.1) is 0 Å². The minimum atomic E-state index is -0.276. The predicted molar refractivity (Wildman–Crippen MR) is 54.1 cm³/mol. The number of rotatable bonds is 3. The van der Waals surface area contributed by atoms with Gasteiger partial charge in [0, 0.05) is 19.0 Å². The van der Waals surface area contributed by atoms with Crippen molar-refractivity contribution >= 4 is 5.91 Å². The number of H-pyrrole nitrogens is 1. The average Bonchev–Trinajstić information content (AvgIpc) is 2.91. The number of aromatic amines is 1. The Bertz CT molecular complexity index is 317. The maximum Gasteiger partial charge on any atom is 0.249 e. The van der Waals surface area contributed by atoms with Crippen LogP contribution in [0.15, 0.2) is 12.4 Å². The smallest absolute Gasteiger partial charge is 0.249 e. The van der Waals surface area contributed by atoms with Crippen molar-refractivity contribution in [2.24, 2.45) is 0 Å². The van der Waals surface area contributed by atoms with Crippen molar-refractivity contribution in [1.29, 1.82) is 0 Å². The molecule has 2 atom stereocenters. The zero-order valence-corrected chi connectivity index (χ0v) is 8.69. The number of hydrogen-bond acceptors (Lipinski definition) is 3. The van der Waals surface area contributed by atoms with Crippen LogP contribution in [0.1, 0.15) is 31.6 Å². The van der Waals surface area contributed by atoms with E-state index in [0.717, 1.165) is 18.7 Å². The van der Waals surface area contributed by atoms with E-state index in [2.05, 4.69) is 15.3 Å². The van der Waals surface area contributed by atoms with Crippen LogP contribution in [0.3, 0.4) is 0 Å². The third-order valence-electron chi connectivity index (χ3n) is 2.51. The fourth-order valence-electron chi connectivity index (χ4n) is 1.67. The Morgan fingerprint density at radius 1 is 1.80 bits per heavy atom. The number of hydrogen-bond donors (Lipinski definition) is 2. The van der Waals surface area contributed by atoms with Gasteiger partial charge < -0.3 is 15.0 Å². The van der Waals surface area contributed by atoms with Crippen molar-refractivity contribution in [2.75, 3.05) is 6.61 Å². The molecule has 0 aliphatic carbocycles. The van der Waals surface area contributed by atoms with E-state index in [1.54, 1.807) is 12.4 Å². The monoisotopic (exact) mass is 209 g/mol. The van der Waals surface area contributed by atoms with Crippen LogP contribution in [-0.4, -0.2) is 28.6 Å². The van der Waals surface area contributed by atoms with Gasteiger partial charge in [-0.3, -0.25) is 4.79 Å². The first kappa shape index (κ1) is 10.2. The lowest BCUT2D eigenvalue weighted by Crippen LogP contribution is -2.36.